The zero-order valence-corrected chi connectivity index (χ0v) is 17.5. The van der Waals surface area contributed by atoms with Crippen LogP contribution in [0.15, 0.2) is 29.3 Å². The van der Waals surface area contributed by atoms with Crippen molar-refractivity contribution in [1.29, 1.82) is 0 Å². The van der Waals surface area contributed by atoms with Gasteiger partial charge in [-0.05, 0) is 37.3 Å². The van der Waals surface area contributed by atoms with Gasteiger partial charge in [0.1, 0.15) is 0 Å². The number of halogens is 1. The first-order chi connectivity index (χ1) is 11.1. The summed E-state index contributed by atoms with van der Waals surface area (Å²) >= 11 is 0. The molecule has 0 bridgehead atoms. The summed E-state index contributed by atoms with van der Waals surface area (Å²) in [5.74, 6) is 1.24. The summed E-state index contributed by atoms with van der Waals surface area (Å²) in [7, 11) is 2.07. The Bertz CT molecular complexity index is 504. The molecule has 0 spiro atoms. The van der Waals surface area contributed by atoms with Gasteiger partial charge >= 0.3 is 0 Å². The van der Waals surface area contributed by atoms with Crippen molar-refractivity contribution in [1.82, 2.24) is 10.2 Å². The number of hydrogen-bond donors (Lipinski definition) is 2. The van der Waals surface area contributed by atoms with E-state index < -0.39 is 0 Å². The first-order valence-electron chi connectivity index (χ1n) is 8.89. The van der Waals surface area contributed by atoms with Gasteiger partial charge in [-0.2, -0.15) is 0 Å². The SMILES string of the molecule is CCNC(=NCC1CCCC1O)N(C)Cc1ccc(CC)cc1.I. The molecule has 0 aliphatic heterocycles. The molecular formula is C19H32IN3O. The van der Waals surface area contributed by atoms with E-state index in [1.165, 1.54) is 11.1 Å². The molecule has 0 heterocycles. The number of nitrogens with one attached hydrogen (secondary N) is 1. The van der Waals surface area contributed by atoms with E-state index in [-0.39, 0.29) is 30.1 Å². The van der Waals surface area contributed by atoms with Crippen LogP contribution in [0, 0.1) is 5.92 Å². The summed E-state index contributed by atoms with van der Waals surface area (Å²) in [4.78, 5) is 6.91. The number of benzene rings is 1. The molecule has 2 rings (SSSR count). The Morgan fingerprint density at radius 3 is 2.42 bits per heavy atom. The average Bonchev–Trinajstić information content (AvgIpc) is 2.97. The maximum absolute atomic E-state index is 9.95. The molecule has 136 valence electrons. The van der Waals surface area contributed by atoms with E-state index in [1.54, 1.807) is 0 Å². The molecule has 2 unspecified atom stereocenters. The molecule has 5 heteroatoms. The summed E-state index contributed by atoms with van der Waals surface area (Å²) in [6.07, 6.45) is 4.04. The zero-order chi connectivity index (χ0) is 16.7. The Balaban J connectivity index is 0.00000288. The minimum atomic E-state index is -0.173. The first kappa shape index (κ1) is 21.2. The molecule has 1 fully saturated rings. The lowest BCUT2D eigenvalue weighted by Crippen LogP contribution is -2.39. The van der Waals surface area contributed by atoms with Crippen LogP contribution in [0.4, 0.5) is 0 Å². The van der Waals surface area contributed by atoms with Crippen LogP contribution in [-0.4, -0.2) is 42.2 Å². The minimum absolute atomic E-state index is 0. The molecule has 0 aromatic heterocycles. The largest absolute Gasteiger partial charge is 0.393 e. The number of guanidine groups is 1. The summed E-state index contributed by atoms with van der Waals surface area (Å²) in [5.41, 5.74) is 2.66. The Hall–Kier alpha value is -0.820. The molecule has 1 aromatic carbocycles. The van der Waals surface area contributed by atoms with Crippen molar-refractivity contribution in [2.45, 2.75) is 52.2 Å². The minimum Gasteiger partial charge on any atom is -0.393 e. The van der Waals surface area contributed by atoms with Crippen LogP contribution in [0.25, 0.3) is 0 Å². The molecule has 4 nitrogen and oxygen atoms in total. The standard InChI is InChI=1S/C19H31N3O.HI/c1-4-15-9-11-16(12-10-15)14-22(3)19(20-5-2)21-13-17-7-6-8-18(17)23;/h9-12,17-18,23H,4-8,13-14H2,1-3H3,(H,20,21);1H. The Labute approximate surface area is 163 Å². The molecule has 0 saturated heterocycles. The van der Waals surface area contributed by atoms with E-state index >= 15 is 0 Å². The third kappa shape index (κ3) is 6.24. The third-order valence-corrected chi connectivity index (χ3v) is 4.64. The van der Waals surface area contributed by atoms with Crippen molar-refractivity contribution in [3.8, 4) is 0 Å². The predicted molar refractivity (Wildman–Crippen MR) is 112 cm³/mol. The Morgan fingerprint density at radius 1 is 1.21 bits per heavy atom. The van der Waals surface area contributed by atoms with Gasteiger partial charge in [-0.25, -0.2) is 0 Å². The fraction of sp³-hybridized carbons (Fsp3) is 0.632. The highest BCUT2D eigenvalue weighted by molar-refractivity contribution is 14.0. The Kier molecular flexibility index (Phi) is 9.66. The molecule has 1 aliphatic rings. The Morgan fingerprint density at radius 2 is 1.88 bits per heavy atom. The van der Waals surface area contributed by atoms with Gasteiger partial charge in [0.2, 0.25) is 0 Å². The molecule has 24 heavy (non-hydrogen) atoms. The molecular weight excluding hydrogens is 413 g/mol. The van der Waals surface area contributed by atoms with Crippen molar-refractivity contribution in [2.24, 2.45) is 10.9 Å². The van der Waals surface area contributed by atoms with Crippen LogP contribution >= 0.6 is 24.0 Å². The second-order valence-corrected chi connectivity index (χ2v) is 6.48. The number of aryl methyl sites for hydroxylation is 1. The number of nitrogens with zero attached hydrogens (tertiary/aromatic N) is 2. The van der Waals surface area contributed by atoms with E-state index in [0.717, 1.165) is 44.7 Å². The highest BCUT2D eigenvalue weighted by Crippen LogP contribution is 2.25. The zero-order valence-electron chi connectivity index (χ0n) is 15.2. The average molecular weight is 445 g/mol. The van der Waals surface area contributed by atoms with Crippen LogP contribution in [0.5, 0.6) is 0 Å². The van der Waals surface area contributed by atoms with Crippen LogP contribution in [0.1, 0.15) is 44.2 Å². The van der Waals surface area contributed by atoms with Gasteiger partial charge in [-0.15, -0.1) is 24.0 Å². The van der Waals surface area contributed by atoms with E-state index in [1.807, 2.05) is 0 Å². The van der Waals surface area contributed by atoms with Crippen LogP contribution < -0.4 is 5.32 Å². The maximum Gasteiger partial charge on any atom is 0.193 e. The number of aliphatic hydroxyl groups excluding tert-OH is 1. The first-order valence-corrected chi connectivity index (χ1v) is 8.89. The number of rotatable bonds is 6. The van der Waals surface area contributed by atoms with Crippen molar-refractivity contribution in [3.63, 3.8) is 0 Å². The maximum atomic E-state index is 9.95. The van der Waals surface area contributed by atoms with Gasteiger partial charge in [0, 0.05) is 32.6 Å². The van der Waals surface area contributed by atoms with Gasteiger partial charge in [0.05, 0.1) is 6.10 Å². The number of hydrogen-bond acceptors (Lipinski definition) is 2. The lowest BCUT2D eigenvalue weighted by atomic mass is 10.1. The smallest absolute Gasteiger partial charge is 0.193 e. The summed E-state index contributed by atoms with van der Waals surface area (Å²) < 4.78 is 0. The fourth-order valence-corrected chi connectivity index (χ4v) is 3.13. The quantitative estimate of drug-likeness (QED) is 0.401. The second kappa shape index (κ2) is 10.9. The van der Waals surface area contributed by atoms with E-state index in [0.29, 0.717) is 12.5 Å². The van der Waals surface area contributed by atoms with Crippen molar-refractivity contribution < 1.29 is 5.11 Å². The monoisotopic (exact) mass is 445 g/mol. The van der Waals surface area contributed by atoms with Crippen molar-refractivity contribution in [2.75, 3.05) is 20.1 Å². The van der Waals surface area contributed by atoms with Gasteiger partial charge in [-0.3, -0.25) is 4.99 Å². The van der Waals surface area contributed by atoms with Crippen molar-refractivity contribution in [3.05, 3.63) is 35.4 Å². The fourth-order valence-electron chi connectivity index (χ4n) is 3.13. The highest BCUT2D eigenvalue weighted by atomic mass is 127. The van der Waals surface area contributed by atoms with Gasteiger partial charge < -0.3 is 15.3 Å². The lowest BCUT2D eigenvalue weighted by molar-refractivity contribution is 0.136. The normalized spacial score (nSPS) is 20.6. The van der Waals surface area contributed by atoms with Crippen LogP contribution in [-0.2, 0) is 13.0 Å². The topological polar surface area (TPSA) is 47.9 Å². The second-order valence-electron chi connectivity index (χ2n) is 6.48. The van der Waals surface area contributed by atoms with Crippen LogP contribution in [0.3, 0.4) is 0 Å². The van der Waals surface area contributed by atoms with Crippen molar-refractivity contribution >= 4 is 29.9 Å². The van der Waals surface area contributed by atoms with Gasteiger partial charge in [0.15, 0.2) is 5.96 Å². The van der Waals surface area contributed by atoms with E-state index in [9.17, 15) is 5.11 Å². The lowest BCUT2D eigenvalue weighted by Gasteiger charge is -2.23. The molecule has 2 N–H and O–H groups in total. The van der Waals surface area contributed by atoms with Gasteiger partial charge in [0.25, 0.3) is 0 Å². The van der Waals surface area contributed by atoms with E-state index in [2.05, 4.69) is 55.4 Å². The van der Waals surface area contributed by atoms with E-state index in [4.69, 9.17) is 4.99 Å². The number of aliphatic hydroxyl groups is 1. The molecule has 0 radical (unpaired) electrons. The molecule has 1 aromatic rings. The van der Waals surface area contributed by atoms with Gasteiger partial charge in [-0.1, -0.05) is 37.6 Å². The summed E-state index contributed by atoms with van der Waals surface area (Å²) in [5, 5.41) is 13.3. The molecule has 0 amide bonds. The summed E-state index contributed by atoms with van der Waals surface area (Å²) in [6, 6.07) is 8.78. The molecule has 1 saturated carbocycles. The molecule has 2 atom stereocenters. The number of aliphatic imine (C=N–C) groups is 1. The highest BCUT2D eigenvalue weighted by Gasteiger charge is 2.24. The molecule has 1 aliphatic carbocycles. The van der Waals surface area contributed by atoms with Crippen LogP contribution in [0.2, 0.25) is 0 Å². The third-order valence-electron chi connectivity index (χ3n) is 4.64. The summed E-state index contributed by atoms with van der Waals surface area (Å²) in [6.45, 7) is 6.66. The predicted octanol–water partition coefficient (Wildman–Crippen LogP) is 3.43.